The van der Waals surface area contributed by atoms with Crippen LogP contribution < -0.4 is 5.32 Å². The molecule has 4 rings (SSSR count). The standard InChI is InChI=1S/C19H18ClNO3S/c1-19(2)17-14-10-13(25(22,23)12-6-4-3-5-7-12)11-15(20)18(14)24-16(17)8-9-21-19/h3-7,10-11,21H,8-9H2,1-2H3. The smallest absolute Gasteiger partial charge is 0.206 e. The van der Waals surface area contributed by atoms with E-state index in [0.29, 0.717) is 10.6 Å². The van der Waals surface area contributed by atoms with Gasteiger partial charge < -0.3 is 9.73 Å². The topological polar surface area (TPSA) is 59.3 Å². The van der Waals surface area contributed by atoms with Crippen LogP contribution in [0.3, 0.4) is 0 Å². The number of furan rings is 1. The second-order valence-corrected chi connectivity index (χ2v) is 9.16. The highest BCUT2D eigenvalue weighted by Gasteiger charge is 2.33. The summed E-state index contributed by atoms with van der Waals surface area (Å²) in [6.45, 7) is 4.94. The van der Waals surface area contributed by atoms with Gasteiger partial charge in [-0.25, -0.2) is 8.42 Å². The molecule has 0 fully saturated rings. The predicted octanol–water partition coefficient (Wildman–Crippen LogP) is 4.30. The molecule has 0 saturated heterocycles. The van der Waals surface area contributed by atoms with E-state index >= 15 is 0 Å². The van der Waals surface area contributed by atoms with Crippen molar-refractivity contribution in [3.8, 4) is 0 Å². The molecule has 2 aromatic carbocycles. The molecule has 1 aliphatic rings. The van der Waals surface area contributed by atoms with Crippen molar-refractivity contribution in [3.63, 3.8) is 0 Å². The molecule has 1 aromatic heterocycles. The number of hydrogen-bond donors (Lipinski definition) is 1. The lowest BCUT2D eigenvalue weighted by molar-refractivity contribution is 0.358. The van der Waals surface area contributed by atoms with Crippen molar-refractivity contribution < 1.29 is 12.8 Å². The molecule has 3 aromatic rings. The van der Waals surface area contributed by atoms with Gasteiger partial charge in [-0.2, -0.15) is 0 Å². The van der Waals surface area contributed by atoms with Crippen LogP contribution in [0.4, 0.5) is 0 Å². The summed E-state index contributed by atoms with van der Waals surface area (Å²) in [6.07, 6.45) is 0.755. The van der Waals surface area contributed by atoms with Gasteiger partial charge in [-0.05, 0) is 38.1 Å². The van der Waals surface area contributed by atoms with Crippen molar-refractivity contribution in [2.45, 2.75) is 35.6 Å². The Bertz CT molecular complexity index is 1070. The minimum atomic E-state index is -3.64. The van der Waals surface area contributed by atoms with Gasteiger partial charge in [0.2, 0.25) is 9.84 Å². The maximum atomic E-state index is 13.0. The molecule has 0 unspecified atom stereocenters. The molecule has 6 heteroatoms. The molecule has 0 radical (unpaired) electrons. The molecule has 0 bridgehead atoms. The fourth-order valence-electron chi connectivity index (χ4n) is 3.51. The first-order valence-corrected chi connectivity index (χ1v) is 9.97. The molecular weight excluding hydrogens is 358 g/mol. The van der Waals surface area contributed by atoms with Gasteiger partial charge >= 0.3 is 0 Å². The largest absolute Gasteiger partial charge is 0.459 e. The summed E-state index contributed by atoms with van der Waals surface area (Å²) < 4.78 is 31.9. The molecule has 0 amide bonds. The Morgan fingerprint density at radius 2 is 1.84 bits per heavy atom. The third-order valence-corrected chi connectivity index (χ3v) is 6.73. The highest BCUT2D eigenvalue weighted by atomic mass is 35.5. The Kier molecular flexibility index (Phi) is 3.72. The highest BCUT2D eigenvalue weighted by molar-refractivity contribution is 7.91. The monoisotopic (exact) mass is 375 g/mol. The van der Waals surface area contributed by atoms with E-state index in [2.05, 4.69) is 19.2 Å². The quantitative estimate of drug-likeness (QED) is 0.725. The average molecular weight is 376 g/mol. The molecule has 25 heavy (non-hydrogen) atoms. The summed E-state index contributed by atoms with van der Waals surface area (Å²) in [4.78, 5) is 0.432. The first-order chi connectivity index (χ1) is 11.8. The van der Waals surface area contributed by atoms with E-state index in [1.807, 2.05) is 0 Å². The number of nitrogens with one attached hydrogen (secondary N) is 1. The van der Waals surface area contributed by atoms with Crippen molar-refractivity contribution in [2.75, 3.05) is 6.54 Å². The molecule has 2 heterocycles. The number of hydrogen-bond acceptors (Lipinski definition) is 4. The maximum Gasteiger partial charge on any atom is 0.206 e. The minimum Gasteiger partial charge on any atom is -0.459 e. The van der Waals surface area contributed by atoms with Gasteiger partial charge in [-0.1, -0.05) is 29.8 Å². The molecule has 1 N–H and O–H groups in total. The Hall–Kier alpha value is -1.82. The molecule has 1 aliphatic heterocycles. The highest BCUT2D eigenvalue weighted by Crippen LogP contribution is 2.41. The van der Waals surface area contributed by atoms with E-state index < -0.39 is 9.84 Å². The Morgan fingerprint density at radius 3 is 2.56 bits per heavy atom. The van der Waals surface area contributed by atoms with Gasteiger partial charge in [0.05, 0.1) is 14.8 Å². The van der Waals surface area contributed by atoms with Gasteiger partial charge in [-0.3, -0.25) is 0 Å². The van der Waals surface area contributed by atoms with Crippen LogP contribution in [0.5, 0.6) is 0 Å². The molecule has 0 atom stereocenters. The van der Waals surface area contributed by atoms with E-state index in [9.17, 15) is 8.42 Å². The van der Waals surface area contributed by atoms with Crippen LogP contribution >= 0.6 is 11.6 Å². The van der Waals surface area contributed by atoms with E-state index in [1.165, 1.54) is 6.07 Å². The van der Waals surface area contributed by atoms with Gasteiger partial charge in [0.15, 0.2) is 5.58 Å². The SMILES string of the molecule is CC1(C)NCCc2oc3c(Cl)cc(S(=O)(=O)c4ccccc4)cc3c21. The van der Waals surface area contributed by atoms with E-state index in [-0.39, 0.29) is 15.3 Å². The number of fused-ring (bicyclic) bond motifs is 3. The van der Waals surface area contributed by atoms with Crippen LogP contribution in [-0.4, -0.2) is 15.0 Å². The first-order valence-electron chi connectivity index (χ1n) is 8.11. The van der Waals surface area contributed by atoms with Crippen molar-refractivity contribution in [1.29, 1.82) is 0 Å². The molecular formula is C19H18ClNO3S. The van der Waals surface area contributed by atoms with Crippen molar-refractivity contribution in [2.24, 2.45) is 0 Å². The normalized spacial score (nSPS) is 16.8. The fraction of sp³-hybridized carbons (Fsp3) is 0.263. The van der Waals surface area contributed by atoms with E-state index in [0.717, 1.165) is 29.7 Å². The second-order valence-electron chi connectivity index (χ2n) is 6.80. The Labute approximate surface area is 151 Å². The van der Waals surface area contributed by atoms with Crippen LogP contribution in [0, 0.1) is 0 Å². The number of benzene rings is 2. The Morgan fingerprint density at radius 1 is 1.12 bits per heavy atom. The van der Waals surface area contributed by atoms with Crippen LogP contribution in [0.1, 0.15) is 25.2 Å². The zero-order valence-corrected chi connectivity index (χ0v) is 15.5. The zero-order valence-electron chi connectivity index (χ0n) is 14.0. The summed E-state index contributed by atoms with van der Waals surface area (Å²) in [5, 5.41) is 4.53. The summed E-state index contributed by atoms with van der Waals surface area (Å²) in [5.74, 6) is 0.870. The molecule has 0 spiro atoms. The Balaban J connectivity index is 2.00. The summed E-state index contributed by atoms with van der Waals surface area (Å²) >= 11 is 6.39. The molecule has 0 aliphatic carbocycles. The zero-order chi connectivity index (χ0) is 17.8. The molecule has 4 nitrogen and oxygen atoms in total. The maximum absolute atomic E-state index is 13.0. The van der Waals surface area contributed by atoms with E-state index in [4.69, 9.17) is 16.0 Å². The summed E-state index contributed by atoms with van der Waals surface area (Å²) in [5.41, 5.74) is 1.23. The van der Waals surface area contributed by atoms with Crippen molar-refractivity contribution in [3.05, 3.63) is 58.8 Å². The fourth-order valence-corrected chi connectivity index (χ4v) is 5.17. The number of halogens is 1. The lowest BCUT2D eigenvalue weighted by Crippen LogP contribution is -2.41. The predicted molar refractivity (Wildman–Crippen MR) is 97.9 cm³/mol. The number of rotatable bonds is 2. The van der Waals surface area contributed by atoms with Crippen molar-refractivity contribution in [1.82, 2.24) is 5.32 Å². The lowest BCUT2D eigenvalue weighted by atomic mass is 9.88. The third-order valence-electron chi connectivity index (χ3n) is 4.70. The average Bonchev–Trinajstić information content (AvgIpc) is 2.96. The summed E-state index contributed by atoms with van der Waals surface area (Å²) in [7, 11) is -3.64. The second kappa shape index (κ2) is 5.59. The first kappa shape index (κ1) is 16.6. The van der Waals surface area contributed by atoms with Crippen molar-refractivity contribution >= 4 is 32.4 Å². The minimum absolute atomic E-state index is 0.182. The van der Waals surface area contributed by atoms with Crippen LogP contribution in [0.25, 0.3) is 11.0 Å². The molecule has 130 valence electrons. The van der Waals surface area contributed by atoms with Crippen LogP contribution in [0.2, 0.25) is 5.02 Å². The van der Waals surface area contributed by atoms with Crippen LogP contribution in [-0.2, 0) is 21.8 Å². The third kappa shape index (κ3) is 2.58. The van der Waals surface area contributed by atoms with Gasteiger partial charge in [0.25, 0.3) is 0 Å². The van der Waals surface area contributed by atoms with Gasteiger partial charge in [0.1, 0.15) is 5.76 Å². The van der Waals surface area contributed by atoms with Gasteiger partial charge in [-0.15, -0.1) is 0 Å². The van der Waals surface area contributed by atoms with Gasteiger partial charge in [0, 0.05) is 29.5 Å². The molecule has 0 saturated carbocycles. The lowest BCUT2D eigenvalue weighted by Gasteiger charge is -2.31. The van der Waals surface area contributed by atoms with E-state index in [1.54, 1.807) is 36.4 Å². The summed E-state index contributed by atoms with van der Waals surface area (Å²) in [6, 6.07) is 11.5. The number of sulfone groups is 1. The van der Waals surface area contributed by atoms with Crippen LogP contribution in [0.15, 0.2) is 56.7 Å².